The molecule has 1 amide bonds. The highest BCUT2D eigenvalue weighted by molar-refractivity contribution is 6.33. The Bertz CT molecular complexity index is 582. The maximum absolute atomic E-state index is 11.4. The minimum absolute atomic E-state index is 0.129. The van der Waals surface area contributed by atoms with E-state index in [9.17, 15) is 4.79 Å². The van der Waals surface area contributed by atoms with E-state index in [0.29, 0.717) is 11.3 Å². The van der Waals surface area contributed by atoms with E-state index in [2.05, 4.69) is 4.98 Å². The Morgan fingerprint density at radius 2 is 2.22 bits per heavy atom. The number of aromatic nitrogens is 1. The van der Waals surface area contributed by atoms with Crippen molar-refractivity contribution in [1.29, 1.82) is 0 Å². The molecule has 0 saturated carbocycles. The van der Waals surface area contributed by atoms with E-state index in [0.717, 1.165) is 0 Å². The molecule has 0 aliphatic carbocycles. The normalized spacial score (nSPS) is 12.4. The molecule has 0 bridgehead atoms. The first-order chi connectivity index (χ1) is 8.50. The van der Waals surface area contributed by atoms with Crippen LogP contribution in [-0.4, -0.2) is 10.9 Å². The highest BCUT2D eigenvalue weighted by Crippen LogP contribution is 2.33. The summed E-state index contributed by atoms with van der Waals surface area (Å²) in [5.74, 6) is -0.169. The molecular formula is C12H10Cl2N2O2. The van der Waals surface area contributed by atoms with E-state index in [1.807, 2.05) is 6.92 Å². The summed E-state index contributed by atoms with van der Waals surface area (Å²) in [5, 5.41) is 0.282. The van der Waals surface area contributed by atoms with Gasteiger partial charge in [0.2, 0.25) is 5.91 Å². The molecule has 2 aromatic rings. The smallest absolute Gasteiger partial charge is 0.249 e. The van der Waals surface area contributed by atoms with Crippen molar-refractivity contribution in [2.45, 2.75) is 12.8 Å². The average Bonchev–Trinajstić information content (AvgIpc) is 2.80. The molecule has 0 fully saturated rings. The Labute approximate surface area is 114 Å². The van der Waals surface area contributed by atoms with E-state index in [1.165, 1.54) is 6.07 Å². The predicted molar refractivity (Wildman–Crippen MR) is 69.0 cm³/mol. The third-order valence-electron chi connectivity index (χ3n) is 2.65. The molecule has 1 atom stereocenters. The monoisotopic (exact) mass is 284 g/mol. The molecule has 18 heavy (non-hydrogen) atoms. The van der Waals surface area contributed by atoms with Gasteiger partial charge in [-0.3, -0.25) is 4.79 Å². The van der Waals surface area contributed by atoms with Crippen molar-refractivity contribution < 1.29 is 9.21 Å². The fourth-order valence-corrected chi connectivity index (χ4v) is 2.38. The van der Waals surface area contributed by atoms with Crippen LogP contribution in [0.5, 0.6) is 0 Å². The standard InChI is InChI=1S/C12H10Cl2N2O2/c1-6(8-3-2-4-18-8)10-7(12(15)17)5-9(13)16-11(10)14/h2-6H,1H3,(H2,15,17). The van der Waals surface area contributed by atoms with Crippen LogP contribution in [-0.2, 0) is 0 Å². The molecule has 0 aliphatic heterocycles. The average molecular weight is 285 g/mol. The zero-order chi connectivity index (χ0) is 13.3. The maximum atomic E-state index is 11.4. The Balaban J connectivity index is 2.59. The zero-order valence-corrected chi connectivity index (χ0v) is 11.0. The van der Waals surface area contributed by atoms with E-state index >= 15 is 0 Å². The lowest BCUT2D eigenvalue weighted by molar-refractivity contribution is 0.0999. The minimum Gasteiger partial charge on any atom is -0.469 e. The van der Waals surface area contributed by atoms with Gasteiger partial charge in [0.1, 0.15) is 16.1 Å². The van der Waals surface area contributed by atoms with Crippen LogP contribution in [0, 0.1) is 0 Å². The number of hydrogen-bond donors (Lipinski definition) is 1. The summed E-state index contributed by atoms with van der Waals surface area (Å²) in [5.41, 5.74) is 6.10. The summed E-state index contributed by atoms with van der Waals surface area (Å²) in [6.07, 6.45) is 1.55. The summed E-state index contributed by atoms with van der Waals surface area (Å²) < 4.78 is 5.30. The lowest BCUT2D eigenvalue weighted by Crippen LogP contribution is -2.16. The number of amides is 1. The molecule has 4 nitrogen and oxygen atoms in total. The quantitative estimate of drug-likeness (QED) is 0.880. The first-order valence-corrected chi connectivity index (χ1v) is 5.95. The lowest BCUT2D eigenvalue weighted by atomic mass is 9.95. The predicted octanol–water partition coefficient (Wildman–Crippen LogP) is 3.23. The van der Waals surface area contributed by atoms with Crippen LogP contribution < -0.4 is 5.73 Å². The molecule has 94 valence electrons. The number of pyridine rings is 1. The van der Waals surface area contributed by atoms with Crippen molar-refractivity contribution in [3.05, 3.63) is 51.7 Å². The van der Waals surface area contributed by atoms with E-state index in [-0.39, 0.29) is 21.8 Å². The number of nitrogens with zero attached hydrogens (tertiary/aromatic N) is 1. The zero-order valence-electron chi connectivity index (χ0n) is 9.48. The number of furan rings is 1. The lowest BCUT2D eigenvalue weighted by Gasteiger charge is -2.14. The van der Waals surface area contributed by atoms with Crippen molar-refractivity contribution in [3.63, 3.8) is 0 Å². The van der Waals surface area contributed by atoms with Gasteiger partial charge in [-0.15, -0.1) is 0 Å². The van der Waals surface area contributed by atoms with Gasteiger partial charge in [-0.1, -0.05) is 30.1 Å². The van der Waals surface area contributed by atoms with Crippen molar-refractivity contribution in [2.75, 3.05) is 0 Å². The second kappa shape index (κ2) is 5.00. The minimum atomic E-state index is -0.602. The Morgan fingerprint density at radius 3 is 2.78 bits per heavy atom. The summed E-state index contributed by atoms with van der Waals surface area (Å²) in [4.78, 5) is 15.4. The van der Waals surface area contributed by atoms with Crippen molar-refractivity contribution in [2.24, 2.45) is 5.73 Å². The van der Waals surface area contributed by atoms with Gasteiger partial charge in [-0.05, 0) is 18.2 Å². The van der Waals surface area contributed by atoms with E-state index in [4.69, 9.17) is 33.4 Å². The largest absolute Gasteiger partial charge is 0.469 e. The van der Waals surface area contributed by atoms with Crippen LogP contribution in [0.4, 0.5) is 0 Å². The van der Waals surface area contributed by atoms with Gasteiger partial charge in [-0.25, -0.2) is 4.98 Å². The van der Waals surface area contributed by atoms with Crippen LogP contribution in [0.1, 0.15) is 34.5 Å². The van der Waals surface area contributed by atoms with Crippen molar-refractivity contribution in [1.82, 2.24) is 4.98 Å². The number of rotatable bonds is 3. The van der Waals surface area contributed by atoms with Crippen LogP contribution >= 0.6 is 23.2 Å². The number of hydrogen-bond acceptors (Lipinski definition) is 3. The van der Waals surface area contributed by atoms with Gasteiger partial charge >= 0.3 is 0 Å². The molecule has 1 unspecified atom stereocenters. The highest BCUT2D eigenvalue weighted by atomic mass is 35.5. The number of primary amides is 1. The first-order valence-electron chi connectivity index (χ1n) is 5.20. The van der Waals surface area contributed by atoms with Crippen molar-refractivity contribution >= 4 is 29.1 Å². The van der Waals surface area contributed by atoms with Gasteiger partial charge in [0.25, 0.3) is 0 Å². The molecule has 2 heterocycles. The maximum Gasteiger partial charge on any atom is 0.249 e. The Kier molecular flexibility index (Phi) is 3.59. The number of carbonyl (C=O) groups is 1. The molecule has 0 aromatic carbocycles. The fraction of sp³-hybridized carbons (Fsp3) is 0.167. The SMILES string of the molecule is CC(c1ccco1)c1c(C(N)=O)cc(Cl)nc1Cl. The summed E-state index contributed by atoms with van der Waals surface area (Å²) >= 11 is 11.8. The Hall–Kier alpha value is -1.52. The van der Waals surface area contributed by atoms with Crippen LogP contribution in [0.25, 0.3) is 0 Å². The molecule has 0 radical (unpaired) electrons. The van der Waals surface area contributed by atoms with Crippen molar-refractivity contribution in [3.8, 4) is 0 Å². The first kappa shape index (κ1) is 12.9. The van der Waals surface area contributed by atoms with Gasteiger partial charge in [0, 0.05) is 17.0 Å². The fourth-order valence-electron chi connectivity index (χ4n) is 1.79. The summed E-state index contributed by atoms with van der Waals surface area (Å²) in [6, 6.07) is 4.96. The third-order valence-corrected chi connectivity index (χ3v) is 3.13. The molecule has 0 aliphatic rings. The van der Waals surface area contributed by atoms with Crippen LogP contribution in [0.3, 0.4) is 0 Å². The molecule has 6 heteroatoms. The molecule has 0 spiro atoms. The molecule has 2 aromatic heterocycles. The number of halogens is 2. The topological polar surface area (TPSA) is 69.1 Å². The third kappa shape index (κ3) is 2.35. The molecular weight excluding hydrogens is 275 g/mol. The Morgan fingerprint density at radius 1 is 1.50 bits per heavy atom. The van der Waals surface area contributed by atoms with Gasteiger partial charge in [-0.2, -0.15) is 0 Å². The van der Waals surface area contributed by atoms with E-state index < -0.39 is 5.91 Å². The summed E-state index contributed by atoms with van der Waals surface area (Å²) in [6.45, 7) is 1.85. The second-order valence-corrected chi connectivity index (χ2v) is 4.54. The van der Waals surface area contributed by atoms with Gasteiger partial charge in [0.15, 0.2) is 0 Å². The number of carbonyl (C=O) groups excluding carboxylic acids is 1. The molecule has 2 rings (SSSR count). The second-order valence-electron chi connectivity index (χ2n) is 3.80. The molecule has 0 saturated heterocycles. The van der Waals surface area contributed by atoms with Gasteiger partial charge in [0.05, 0.1) is 6.26 Å². The summed E-state index contributed by atoms with van der Waals surface area (Å²) in [7, 11) is 0. The molecule has 2 N–H and O–H groups in total. The highest BCUT2D eigenvalue weighted by Gasteiger charge is 2.22. The van der Waals surface area contributed by atoms with Crippen LogP contribution in [0.2, 0.25) is 10.3 Å². The number of nitrogens with two attached hydrogens (primary N) is 1. The van der Waals surface area contributed by atoms with Gasteiger partial charge < -0.3 is 10.2 Å². The van der Waals surface area contributed by atoms with E-state index in [1.54, 1.807) is 18.4 Å². The van der Waals surface area contributed by atoms with Crippen LogP contribution in [0.15, 0.2) is 28.9 Å².